The molecule has 150 valence electrons. The third-order valence-corrected chi connectivity index (χ3v) is 5.37. The molecule has 2 saturated carbocycles. The number of alkyl halides is 3. The van der Waals surface area contributed by atoms with E-state index in [2.05, 4.69) is 11.7 Å². The maximum absolute atomic E-state index is 14.2. The molecule has 0 saturated heterocycles. The number of rotatable bonds is 5. The number of ether oxygens (including phenoxy) is 2. The molecular weight excluding hydrogens is 359 g/mol. The van der Waals surface area contributed by atoms with Gasteiger partial charge in [-0.2, -0.15) is 4.39 Å². The summed E-state index contributed by atoms with van der Waals surface area (Å²) in [4.78, 5) is 11.8. The summed E-state index contributed by atoms with van der Waals surface area (Å²) in [5.74, 6) is -4.00. The van der Waals surface area contributed by atoms with Crippen LogP contribution in [0.15, 0.2) is 11.7 Å². The fraction of sp³-hybridized carbons (Fsp3) is 0.833. The van der Waals surface area contributed by atoms with Gasteiger partial charge in [-0.3, -0.25) is 4.74 Å². The second-order valence-electron chi connectivity index (χ2n) is 7.16. The molecule has 2 rings (SSSR count). The second kappa shape index (κ2) is 9.15. The van der Waals surface area contributed by atoms with Crippen LogP contribution in [-0.2, 0) is 14.3 Å². The molecule has 0 radical (unpaired) electrons. The van der Waals surface area contributed by atoms with Gasteiger partial charge < -0.3 is 4.74 Å². The summed E-state index contributed by atoms with van der Waals surface area (Å²) in [7, 11) is 0. The molecule has 0 aromatic rings. The van der Waals surface area contributed by atoms with Gasteiger partial charge in [-0.15, -0.1) is 13.2 Å². The van der Waals surface area contributed by atoms with Crippen LogP contribution in [0.4, 0.5) is 22.0 Å². The van der Waals surface area contributed by atoms with Crippen molar-refractivity contribution in [1.29, 1.82) is 0 Å². The molecule has 0 heterocycles. The lowest BCUT2D eigenvalue weighted by Gasteiger charge is -2.29. The van der Waals surface area contributed by atoms with Crippen LogP contribution in [0, 0.1) is 11.8 Å². The first kappa shape index (κ1) is 21.1. The van der Waals surface area contributed by atoms with Crippen molar-refractivity contribution in [2.24, 2.45) is 11.8 Å². The van der Waals surface area contributed by atoms with E-state index in [9.17, 15) is 26.7 Å². The monoisotopic (exact) mass is 384 g/mol. The van der Waals surface area contributed by atoms with Gasteiger partial charge in [-0.25, -0.2) is 9.18 Å². The minimum Gasteiger partial charge on any atom is -0.457 e. The van der Waals surface area contributed by atoms with Crippen molar-refractivity contribution >= 4 is 5.97 Å². The Labute approximate surface area is 149 Å². The normalized spacial score (nSPS) is 31.3. The SMILES string of the molecule is CCC1CCC(/C(F)=C(\F)C(=O)OC2CCC(OC(F)(F)F)CC2)CC1. The number of esters is 1. The Balaban J connectivity index is 1.82. The van der Waals surface area contributed by atoms with E-state index >= 15 is 0 Å². The van der Waals surface area contributed by atoms with E-state index in [1.165, 1.54) is 0 Å². The van der Waals surface area contributed by atoms with Gasteiger partial charge in [0.25, 0.3) is 0 Å². The van der Waals surface area contributed by atoms with Crippen LogP contribution in [0.25, 0.3) is 0 Å². The van der Waals surface area contributed by atoms with Crippen molar-refractivity contribution in [2.45, 2.75) is 83.3 Å². The number of carbonyl (C=O) groups is 1. The van der Waals surface area contributed by atoms with Crippen LogP contribution in [0.5, 0.6) is 0 Å². The molecule has 0 amide bonds. The minimum atomic E-state index is -4.71. The van der Waals surface area contributed by atoms with E-state index in [4.69, 9.17) is 4.74 Å². The van der Waals surface area contributed by atoms with Gasteiger partial charge in [-0.05, 0) is 57.3 Å². The number of halogens is 5. The van der Waals surface area contributed by atoms with Crippen LogP contribution in [0.3, 0.4) is 0 Å². The van der Waals surface area contributed by atoms with Crippen molar-refractivity contribution in [2.75, 3.05) is 0 Å². The van der Waals surface area contributed by atoms with Crippen molar-refractivity contribution in [3.05, 3.63) is 11.7 Å². The van der Waals surface area contributed by atoms with Crippen LogP contribution >= 0.6 is 0 Å². The summed E-state index contributed by atoms with van der Waals surface area (Å²) in [6.45, 7) is 2.06. The molecule has 0 aliphatic heterocycles. The van der Waals surface area contributed by atoms with Gasteiger partial charge in [0.15, 0.2) is 0 Å². The Morgan fingerprint density at radius 3 is 1.96 bits per heavy atom. The summed E-state index contributed by atoms with van der Waals surface area (Å²) in [5, 5.41) is 0. The molecule has 2 fully saturated rings. The second-order valence-corrected chi connectivity index (χ2v) is 7.16. The summed E-state index contributed by atoms with van der Waals surface area (Å²) in [5.41, 5.74) is 0. The summed E-state index contributed by atoms with van der Waals surface area (Å²) in [6.07, 6.45) is -2.44. The van der Waals surface area contributed by atoms with E-state index in [0.29, 0.717) is 18.8 Å². The zero-order chi connectivity index (χ0) is 19.3. The first-order chi connectivity index (χ1) is 12.2. The summed E-state index contributed by atoms with van der Waals surface area (Å²) < 4.78 is 73.6. The fourth-order valence-electron chi connectivity index (χ4n) is 3.76. The highest BCUT2D eigenvalue weighted by Crippen LogP contribution is 2.37. The van der Waals surface area contributed by atoms with Crippen LogP contribution in [0.2, 0.25) is 0 Å². The van der Waals surface area contributed by atoms with E-state index < -0.39 is 42.1 Å². The Kier molecular flexibility index (Phi) is 7.43. The van der Waals surface area contributed by atoms with Crippen molar-refractivity contribution < 1.29 is 36.2 Å². The van der Waals surface area contributed by atoms with E-state index in [-0.39, 0.29) is 25.7 Å². The summed E-state index contributed by atoms with van der Waals surface area (Å²) in [6, 6.07) is 0. The quantitative estimate of drug-likeness (QED) is 0.344. The van der Waals surface area contributed by atoms with Gasteiger partial charge in [-0.1, -0.05) is 13.3 Å². The lowest BCUT2D eigenvalue weighted by atomic mass is 9.80. The lowest BCUT2D eigenvalue weighted by molar-refractivity contribution is -0.346. The highest BCUT2D eigenvalue weighted by Gasteiger charge is 2.36. The smallest absolute Gasteiger partial charge is 0.457 e. The standard InChI is InChI=1S/C18H25F5O3/c1-2-11-3-5-12(6-4-11)15(19)16(20)17(24)25-13-7-9-14(10-8-13)26-18(21,22)23/h11-14H,2-10H2,1H3/b16-15+. The Morgan fingerprint density at radius 1 is 0.923 bits per heavy atom. The number of allylic oxidation sites excluding steroid dienone is 1. The topological polar surface area (TPSA) is 35.5 Å². The first-order valence-corrected chi connectivity index (χ1v) is 9.20. The molecule has 3 nitrogen and oxygen atoms in total. The third kappa shape index (κ3) is 6.21. The Hall–Kier alpha value is -1.18. The van der Waals surface area contributed by atoms with E-state index in [0.717, 1.165) is 19.3 Å². The molecule has 0 N–H and O–H groups in total. The maximum atomic E-state index is 14.2. The van der Waals surface area contributed by atoms with Gasteiger partial charge >= 0.3 is 12.3 Å². The van der Waals surface area contributed by atoms with Gasteiger partial charge in [0.2, 0.25) is 5.83 Å². The molecule has 0 spiro atoms. The average molecular weight is 384 g/mol. The largest absolute Gasteiger partial charge is 0.522 e. The van der Waals surface area contributed by atoms with Gasteiger partial charge in [0.1, 0.15) is 11.9 Å². The molecule has 26 heavy (non-hydrogen) atoms. The molecule has 2 aliphatic rings. The molecule has 8 heteroatoms. The summed E-state index contributed by atoms with van der Waals surface area (Å²) >= 11 is 0. The van der Waals surface area contributed by atoms with Crippen LogP contribution in [-0.4, -0.2) is 24.5 Å². The lowest BCUT2D eigenvalue weighted by Crippen LogP contribution is -2.32. The number of hydrogen-bond acceptors (Lipinski definition) is 3. The highest BCUT2D eigenvalue weighted by molar-refractivity contribution is 5.86. The zero-order valence-corrected chi connectivity index (χ0v) is 14.8. The predicted octanol–water partition coefficient (Wildman–Crippen LogP) is 5.74. The number of carbonyl (C=O) groups excluding carboxylic acids is 1. The molecule has 2 aliphatic carbocycles. The highest BCUT2D eigenvalue weighted by atomic mass is 19.4. The molecule has 0 unspecified atom stereocenters. The molecular formula is C18H25F5O3. The fourth-order valence-corrected chi connectivity index (χ4v) is 3.76. The van der Waals surface area contributed by atoms with Crippen molar-refractivity contribution in [3.8, 4) is 0 Å². The van der Waals surface area contributed by atoms with E-state index in [1.807, 2.05) is 0 Å². The molecule has 0 aromatic carbocycles. The van der Waals surface area contributed by atoms with Crippen LogP contribution in [0.1, 0.15) is 64.7 Å². The molecule has 0 aromatic heterocycles. The first-order valence-electron chi connectivity index (χ1n) is 9.20. The van der Waals surface area contributed by atoms with Gasteiger partial charge in [0.05, 0.1) is 6.10 Å². The number of hydrogen-bond donors (Lipinski definition) is 0. The van der Waals surface area contributed by atoms with Gasteiger partial charge in [0, 0.05) is 5.92 Å². The molecule has 0 bridgehead atoms. The Morgan fingerprint density at radius 2 is 1.46 bits per heavy atom. The Bertz CT molecular complexity index is 501. The molecule has 0 atom stereocenters. The minimum absolute atomic E-state index is 0.0479. The van der Waals surface area contributed by atoms with Crippen molar-refractivity contribution in [1.82, 2.24) is 0 Å². The zero-order valence-electron chi connectivity index (χ0n) is 14.8. The maximum Gasteiger partial charge on any atom is 0.522 e. The van der Waals surface area contributed by atoms with Crippen molar-refractivity contribution in [3.63, 3.8) is 0 Å². The average Bonchev–Trinajstić information content (AvgIpc) is 2.61. The van der Waals surface area contributed by atoms with E-state index in [1.54, 1.807) is 0 Å². The van der Waals surface area contributed by atoms with Crippen LogP contribution < -0.4 is 0 Å². The predicted molar refractivity (Wildman–Crippen MR) is 84.3 cm³/mol. The third-order valence-electron chi connectivity index (χ3n) is 5.37.